The van der Waals surface area contributed by atoms with Crippen LogP contribution < -0.4 is 0 Å². The summed E-state index contributed by atoms with van der Waals surface area (Å²) in [6, 6.07) is 9.23. The zero-order chi connectivity index (χ0) is 26.2. The van der Waals surface area contributed by atoms with Gasteiger partial charge in [0.1, 0.15) is 0 Å². The van der Waals surface area contributed by atoms with Crippen LogP contribution in [0.2, 0.25) is 5.02 Å². The summed E-state index contributed by atoms with van der Waals surface area (Å²) in [6.07, 6.45) is 1.36. The maximum Gasteiger partial charge on any atom is 0.416 e. The second-order valence-electron chi connectivity index (χ2n) is 9.20. The average Bonchev–Trinajstić information content (AvgIpc) is 3.59. The Labute approximate surface area is 221 Å². The first kappa shape index (κ1) is 25.8. The average molecular weight is 548 g/mol. The number of carbonyl (C=O) groups is 1. The Morgan fingerprint density at radius 2 is 1.95 bits per heavy atom. The summed E-state index contributed by atoms with van der Waals surface area (Å²) in [5.74, 6) is -0.272. The third kappa shape index (κ3) is 5.86. The number of amidine groups is 1. The van der Waals surface area contributed by atoms with Gasteiger partial charge < -0.3 is 9.80 Å². The van der Waals surface area contributed by atoms with E-state index in [1.54, 1.807) is 18.3 Å². The van der Waals surface area contributed by atoms with Crippen LogP contribution >= 0.6 is 23.4 Å². The molecule has 11 heteroatoms. The summed E-state index contributed by atoms with van der Waals surface area (Å²) in [5, 5.41) is 5.78. The molecule has 0 radical (unpaired) electrons. The predicted molar refractivity (Wildman–Crippen MR) is 142 cm³/mol. The van der Waals surface area contributed by atoms with Gasteiger partial charge in [-0.1, -0.05) is 23.7 Å². The van der Waals surface area contributed by atoms with E-state index >= 15 is 0 Å². The molecule has 3 aromatic rings. The third-order valence-electron chi connectivity index (χ3n) is 6.55. The van der Waals surface area contributed by atoms with Crippen LogP contribution in [0, 0.1) is 0 Å². The Morgan fingerprint density at radius 1 is 1.16 bits per heavy atom. The lowest BCUT2D eigenvalue weighted by atomic mass is 10.1. The maximum atomic E-state index is 13.5. The smallest absolute Gasteiger partial charge is 0.353 e. The van der Waals surface area contributed by atoms with Crippen LogP contribution in [0.5, 0.6) is 0 Å². The molecule has 3 heterocycles. The van der Waals surface area contributed by atoms with E-state index in [4.69, 9.17) is 11.6 Å². The normalized spacial score (nSPS) is 17.8. The lowest BCUT2D eigenvalue weighted by Gasteiger charge is -2.21. The van der Waals surface area contributed by atoms with Gasteiger partial charge >= 0.3 is 6.18 Å². The highest BCUT2D eigenvalue weighted by atomic mass is 35.5. The zero-order valence-electron chi connectivity index (χ0n) is 20.1. The second-order valence-corrected chi connectivity index (χ2v) is 10.6. The molecule has 2 aliphatic heterocycles. The van der Waals surface area contributed by atoms with E-state index < -0.39 is 11.7 Å². The van der Waals surface area contributed by atoms with Crippen LogP contribution in [0.1, 0.15) is 29.5 Å². The van der Waals surface area contributed by atoms with Crippen LogP contribution in [-0.4, -0.2) is 63.9 Å². The molecule has 0 spiro atoms. The SMILES string of the molecule is CN(CCN1CCCC1)C1=NC(=O)C(=Cc2ccc3c(cnn3Cc3ccc(Cl)cc3C(F)(F)F)c2)S1. The van der Waals surface area contributed by atoms with Gasteiger partial charge in [-0.15, -0.1) is 0 Å². The molecule has 0 saturated carbocycles. The molecule has 6 nitrogen and oxygen atoms in total. The van der Waals surface area contributed by atoms with Gasteiger partial charge in [-0.25, -0.2) is 0 Å². The maximum absolute atomic E-state index is 13.5. The van der Waals surface area contributed by atoms with E-state index in [1.807, 2.05) is 24.1 Å². The first-order valence-corrected chi connectivity index (χ1v) is 13.1. The molecule has 1 fully saturated rings. The molecule has 0 unspecified atom stereocenters. The number of rotatable bonds is 6. The fourth-order valence-corrected chi connectivity index (χ4v) is 5.61. The van der Waals surface area contributed by atoms with E-state index in [1.165, 1.54) is 41.4 Å². The number of amides is 1. The number of aromatic nitrogens is 2. The number of nitrogens with zero attached hydrogens (tertiary/aromatic N) is 5. The van der Waals surface area contributed by atoms with E-state index in [0.29, 0.717) is 15.6 Å². The summed E-state index contributed by atoms with van der Waals surface area (Å²) in [5.41, 5.74) is 0.790. The van der Waals surface area contributed by atoms with Crippen molar-refractivity contribution in [3.8, 4) is 0 Å². The highest BCUT2D eigenvalue weighted by molar-refractivity contribution is 8.18. The fourth-order valence-electron chi connectivity index (χ4n) is 4.54. The van der Waals surface area contributed by atoms with E-state index in [-0.39, 0.29) is 23.0 Å². The van der Waals surface area contributed by atoms with E-state index in [2.05, 4.69) is 15.0 Å². The number of benzene rings is 2. The monoisotopic (exact) mass is 547 g/mol. The minimum Gasteiger partial charge on any atom is -0.353 e. The van der Waals surface area contributed by atoms with Crippen molar-refractivity contribution in [2.75, 3.05) is 33.2 Å². The molecular weight excluding hydrogens is 523 g/mol. The summed E-state index contributed by atoms with van der Waals surface area (Å²) < 4.78 is 42.0. The van der Waals surface area contributed by atoms with Crippen LogP contribution in [-0.2, 0) is 17.5 Å². The Balaban J connectivity index is 1.30. The summed E-state index contributed by atoms with van der Waals surface area (Å²) >= 11 is 7.15. The molecule has 1 saturated heterocycles. The Kier molecular flexibility index (Phi) is 7.33. The Morgan fingerprint density at radius 3 is 2.70 bits per heavy atom. The fraction of sp³-hybridized carbons (Fsp3) is 0.346. The molecular formula is C26H25ClF3N5OS. The number of likely N-dealkylation sites (N-methyl/N-ethyl adjacent to an activating group) is 1. The number of alkyl halides is 3. The van der Waals surface area contributed by atoms with Crippen molar-refractivity contribution in [1.82, 2.24) is 19.6 Å². The molecule has 0 aliphatic carbocycles. The van der Waals surface area contributed by atoms with Crippen LogP contribution in [0.15, 0.2) is 52.5 Å². The van der Waals surface area contributed by atoms with Crippen molar-refractivity contribution in [1.29, 1.82) is 0 Å². The van der Waals surface area contributed by atoms with Gasteiger partial charge in [0, 0.05) is 30.5 Å². The Hall–Kier alpha value is -2.82. The van der Waals surface area contributed by atoms with Gasteiger partial charge in [0.2, 0.25) is 0 Å². The largest absolute Gasteiger partial charge is 0.416 e. The van der Waals surface area contributed by atoms with Gasteiger partial charge in [0.05, 0.1) is 28.7 Å². The topological polar surface area (TPSA) is 53.7 Å². The number of aliphatic imine (C=N–C) groups is 1. The third-order valence-corrected chi connectivity index (χ3v) is 7.88. The number of halogens is 4. The Bertz CT molecular complexity index is 1390. The van der Waals surface area contributed by atoms with Crippen LogP contribution in [0.4, 0.5) is 13.2 Å². The van der Waals surface area contributed by atoms with Gasteiger partial charge in [0.25, 0.3) is 5.91 Å². The molecule has 1 amide bonds. The number of carbonyl (C=O) groups excluding carboxylic acids is 1. The van der Waals surface area contributed by atoms with Gasteiger partial charge in [0.15, 0.2) is 5.17 Å². The van der Waals surface area contributed by atoms with Crippen molar-refractivity contribution in [2.45, 2.75) is 25.6 Å². The van der Waals surface area contributed by atoms with Crippen molar-refractivity contribution >= 4 is 51.4 Å². The highest BCUT2D eigenvalue weighted by Gasteiger charge is 2.33. The molecule has 194 valence electrons. The van der Waals surface area contributed by atoms with Gasteiger partial charge in [-0.3, -0.25) is 9.48 Å². The lowest BCUT2D eigenvalue weighted by molar-refractivity contribution is -0.138. The minimum atomic E-state index is -4.52. The van der Waals surface area contributed by atoms with Crippen LogP contribution in [0.3, 0.4) is 0 Å². The number of hydrogen-bond donors (Lipinski definition) is 0. The minimum absolute atomic E-state index is 0.0309. The summed E-state index contributed by atoms with van der Waals surface area (Å²) in [6.45, 7) is 3.95. The van der Waals surface area contributed by atoms with E-state index in [0.717, 1.165) is 43.2 Å². The molecule has 2 aliphatic rings. The second kappa shape index (κ2) is 10.5. The molecule has 5 rings (SSSR count). The number of likely N-dealkylation sites (tertiary alicyclic amines) is 1. The molecule has 0 N–H and O–H groups in total. The highest BCUT2D eigenvalue weighted by Crippen LogP contribution is 2.35. The molecule has 0 bridgehead atoms. The number of fused-ring (bicyclic) bond motifs is 1. The van der Waals surface area contributed by atoms with Crippen molar-refractivity contribution < 1.29 is 18.0 Å². The van der Waals surface area contributed by atoms with Crippen molar-refractivity contribution in [3.63, 3.8) is 0 Å². The lowest BCUT2D eigenvalue weighted by Crippen LogP contribution is -2.33. The van der Waals surface area contributed by atoms with Crippen molar-refractivity contribution in [3.05, 3.63) is 69.2 Å². The van der Waals surface area contributed by atoms with Crippen molar-refractivity contribution in [2.24, 2.45) is 4.99 Å². The number of hydrogen-bond acceptors (Lipinski definition) is 5. The van der Waals surface area contributed by atoms with Gasteiger partial charge in [-0.05, 0) is 79.2 Å². The quantitative estimate of drug-likeness (QED) is 0.368. The summed E-state index contributed by atoms with van der Waals surface area (Å²) in [7, 11) is 1.95. The van der Waals surface area contributed by atoms with Gasteiger partial charge in [-0.2, -0.15) is 23.3 Å². The van der Waals surface area contributed by atoms with E-state index in [9.17, 15) is 18.0 Å². The molecule has 2 aromatic carbocycles. The molecule has 37 heavy (non-hydrogen) atoms. The molecule has 0 atom stereocenters. The van der Waals surface area contributed by atoms with Crippen LogP contribution in [0.25, 0.3) is 17.0 Å². The molecule has 1 aromatic heterocycles. The number of thioether (sulfide) groups is 1. The first-order valence-electron chi connectivity index (χ1n) is 11.9. The standard InChI is InChI=1S/C26H25ClF3N5OS/c1-33(10-11-34-8-2-3-9-34)25-32-24(36)23(37-25)13-17-4-7-22-19(12-17)15-31-35(22)16-18-5-6-20(27)14-21(18)26(28,29)30/h4-7,12-15H,2-3,8-11,16H2,1H3. The zero-order valence-corrected chi connectivity index (χ0v) is 21.7. The summed E-state index contributed by atoms with van der Waals surface area (Å²) in [4.78, 5) is 21.7. The first-order chi connectivity index (χ1) is 17.7. The predicted octanol–water partition coefficient (Wildman–Crippen LogP) is 5.75.